The zero-order valence-corrected chi connectivity index (χ0v) is 19.0. The number of thioether (sulfide) groups is 1. The van der Waals surface area contributed by atoms with Gasteiger partial charge in [0.15, 0.2) is 11.0 Å². The van der Waals surface area contributed by atoms with Crippen LogP contribution in [-0.2, 0) is 4.79 Å². The Morgan fingerprint density at radius 2 is 1.76 bits per heavy atom. The molecule has 10 heteroatoms. The number of amides is 1. The summed E-state index contributed by atoms with van der Waals surface area (Å²) in [4.78, 5) is 22.9. The zero-order valence-electron chi connectivity index (χ0n) is 18.2. The summed E-state index contributed by atoms with van der Waals surface area (Å²) >= 11 is 1.22. The maximum absolute atomic E-state index is 12.4. The summed E-state index contributed by atoms with van der Waals surface area (Å²) in [5.74, 6) is 0.328. The first-order chi connectivity index (χ1) is 16.5. The number of nitrogens with one attached hydrogen (secondary N) is 1. The highest BCUT2D eigenvalue weighted by molar-refractivity contribution is 7.99. The molecule has 0 radical (unpaired) electrons. The van der Waals surface area contributed by atoms with Crippen molar-refractivity contribution in [3.63, 3.8) is 0 Å². The number of hydrazone groups is 1. The Morgan fingerprint density at radius 3 is 2.50 bits per heavy atom. The van der Waals surface area contributed by atoms with Crippen LogP contribution < -0.4 is 5.43 Å². The van der Waals surface area contributed by atoms with E-state index in [2.05, 4.69) is 20.7 Å². The van der Waals surface area contributed by atoms with E-state index in [0.717, 1.165) is 16.8 Å². The molecule has 9 nitrogen and oxygen atoms in total. The van der Waals surface area contributed by atoms with Crippen LogP contribution in [0.15, 0.2) is 89.1 Å². The van der Waals surface area contributed by atoms with Crippen molar-refractivity contribution in [2.45, 2.75) is 12.1 Å². The second-order valence-corrected chi connectivity index (χ2v) is 8.18. The Labute approximate surface area is 199 Å². The first kappa shape index (κ1) is 22.9. The quantitative estimate of drug-likeness (QED) is 0.176. The van der Waals surface area contributed by atoms with Crippen LogP contribution in [0.2, 0.25) is 0 Å². The molecular formula is C24H20N6O3S. The summed E-state index contributed by atoms with van der Waals surface area (Å²) in [6.45, 7) is 2.01. The molecule has 4 rings (SSSR count). The van der Waals surface area contributed by atoms with Gasteiger partial charge in [0.2, 0.25) is 0 Å². The molecule has 0 saturated carbocycles. The molecule has 0 bridgehead atoms. The fraction of sp³-hybridized carbons (Fsp3) is 0.0833. The number of benzene rings is 3. The Morgan fingerprint density at radius 1 is 1.06 bits per heavy atom. The summed E-state index contributed by atoms with van der Waals surface area (Å²) in [7, 11) is 0. The minimum Gasteiger partial charge on any atom is -0.272 e. The standard InChI is InChI=1S/C24H20N6O3S/c1-17-11-13-20(14-12-17)29-23(18-7-3-2-4-8-18)27-28-24(29)34-16-22(31)26-25-15-19-9-5-6-10-21(19)30(32)33/h2-15H,16H2,1H3,(H,26,31)/b25-15+. The van der Waals surface area contributed by atoms with Gasteiger partial charge in [0.05, 0.1) is 22.5 Å². The number of carbonyl (C=O) groups is 1. The van der Waals surface area contributed by atoms with Crippen molar-refractivity contribution in [2.24, 2.45) is 5.10 Å². The van der Waals surface area contributed by atoms with E-state index < -0.39 is 4.92 Å². The van der Waals surface area contributed by atoms with E-state index in [1.807, 2.05) is 66.1 Å². The van der Waals surface area contributed by atoms with Gasteiger partial charge < -0.3 is 0 Å². The Kier molecular flexibility index (Phi) is 7.09. The maximum atomic E-state index is 12.4. The number of carbonyl (C=O) groups excluding carboxylic acids is 1. The van der Waals surface area contributed by atoms with Gasteiger partial charge in [-0.25, -0.2) is 5.43 Å². The van der Waals surface area contributed by atoms with E-state index in [9.17, 15) is 14.9 Å². The smallest absolute Gasteiger partial charge is 0.272 e. The molecule has 0 saturated heterocycles. The normalized spacial score (nSPS) is 11.0. The second-order valence-electron chi connectivity index (χ2n) is 7.24. The summed E-state index contributed by atoms with van der Waals surface area (Å²) in [6.07, 6.45) is 1.25. The Bertz CT molecular complexity index is 1340. The van der Waals surface area contributed by atoms with Gasteiger partial charge in [-0.3, -0.25) is 19.5 Å². The van der Waals surface area contributed by atoms with E-state index in [1.54, 1.807) is 18.2 Å². The van der Waals surface area contributed by atoms with E-state index in [4.69, 9.17) is 0 Å². The molecular weight excluding hydrogens is 452 g/mol. The van der Waals surface area contributed by atoms with Gasteiger partial charge in [-0.15, -0.1) is 10.2 Å². The van der Waals surface area contributed by atoms with Gasteiger partial charge in [-0.05, 0) is 25.1 Å². The minimum absolute atomic E-state index is 0.0347. The summed E-state index contributed by atoms with van der Waals surface area (Å²) in [6, 6.07) is 23.8. The largest absolute Gasteiger partial charge is 0.278 e. The van der Waals surface area contributed by atoms with Crippen molar-refractivity contribution in [3.05, 3.63) is 100 Å². The maximum Gasteiger partial charge on any atom is 0.278 e. The number of aryl methyl sites for hydroxylation is 1. The van der Waals surface area contributed by atoms with E-state index in [0.29, 0.717) is 16.5 Å². The molecule has 1 aromatic heterocycles. The van der Waals surface area contributed by atoms with Crippen molar-refractivity contribution in [2.75, 3.05) is 5.75 Å². The molecule has 0 atom stereocenters. The van der Waals surface area contributed by atoms with Gasteiger partial charge in [-0.1, -0.05) is 71.9 Å². The SMILES string of the molecule is Cc1ccc(-n2c(SCC(=O)N/N=C/c3ccccc3[N+](=O)[O-])nnc2-c2ccccc2)cc1. The average molecular weight is 473 g/mol. The fourth-order valence-corrected chi connectivity index (χ4v) is 3.91. The van der Waals surface area contributed by atoms with Crippen molar-refractivity contribution >= 4 is 29.6 Å². The highest BCUT2D eigenvalue weighted by atomic mass is 32.2. The summed E-state index contributed by atoms with van der Waals surface area (Å²) < 4.78 is 1.91. The average Bonchev–Trinajstić information content (AvgIpc) is 3.28. The third-order valence-electron chi connectivity index (χ3n) is 4.82. The van der Waals surface area contributed by atoms with Crippen LogP contribution >= 0.6 is 11.8 Å². The van der Waals surface area contributed by atoms with Crippen LogP contribution in [0.4, 0.5) is 5.69 Å². The molecule has 0 fully saturated rings. The molecule has 0 unspecified atom stereocenters. The number of aromatic nitrogens is 3. The molecule has 0 aliphatic carbocycles. The predicted octanol–water partition coefficient (Wildman–Crippen LogP) is 4.39. The van der Waals surface area contributed by atoms with Crippen LogP contribution in [0.1, 0.15) is 11.1 Å². The number of nitro benzene ring substituents is 1. The Hall–Kier alpha value is -4.31. The summed E-state index contributed by atoms with van der Waals surface area (Å²) in [5, 5.41) is 24.2. The second kappa shape index (κ2) is 10.5. The predicted molar refractivity (Wildman–Crippen MR) is 131 cm³/mol. The highest BCUT2D eigenvalue weighted by Crippen LogP contribution is 2.28. The van der Waals surface area contributed by atoms with Crippen LogP contribution in [0.3, 0.4) is 0 Å². The first-order valence-electron chi connectivity index (χ1n) is 10.3. The Balaban J connectivity index is 1.50. The van der Waals surface area contributed by atoms with Crippen molar-refractivity contribution < 1.29 is 9.72 Å². The summed E-state index contributed by atoms with van der Waals surface area (Å²) in [5.41, 5.74) is 5.53. The van der Waals surface area contributed by atoms with Crippen LogP contribution in [0, 0.1) is 17.0 Å². The van der Waals surface area contributed by atoms with Crippen LogP contribution in [0.5, 0.6) is 0 Å². The molecule has 4 aromatic rings. The first-order valence-corrected chi connectivity index (χ1v) is 11.3. The number of hydrogen-bond donors (Lipinski definition) is 1. The van der Waals surface area contributed by atoms with E-state index >= 15 is 0 Å². The lowest BCUT2D eigenvalue weighted by molar-refractivity contribution is -0.385. The molecule has 3 aromatic carbocycles. The molecule has 0 spiro atoms. The van der Waals surface area contributed by atoms with Crippen LogP contribution in [-0.4, -0.2) is 37.6 Å². The van der Waals surface area contributed by atoms with Gasteiger partial charge in [-0.2, -0.15) is 5.10 Å². The fourth-order valence-electron chi connectivity index (χ4n) is 3.16. The lowest BCUT2D eigenvalue weighted by Gasteiger charge is -2.10. The molecule has 170 valence electrons. The topological polar surface area (TPSA) is 115 Å². The highest BCUT2D eigenvalue weighted by Gasteiger charge is 2.17. The number of hydrogen-bond acceptors (Lipinski definition) is 7. The lowest BCUT2D eigenvalue weighted by Crippen LogP contribution is -2.20. The van der Waals surface area contributed by atoms with Gasteiger partial charge in [0.1, 0.15) is 0 Å². The van der Waals surface area contributed by atoms with Crippen molar-refractivity contribution in [1.29, 1.82) is 0 Å². The van der Waals surface area contributed by atoms with Crippen molar-refractivity contribution in [1.82, 2.24) is 20.2 Å². The molecule has 34 heavy (non-hydrogen) atoms. The number of para-hydroxylation sites is 1. The molecule has 1 heterocycles. The van der Waals surface area contributed by atoms with Gasteiger partial charge >= 0.3 is 0 Å². The number of nitrogens with zero attached hydrogens (tertiary/aromatic N) is 5. The molecule has 0 aliphatic heterocycles. The molecule has 1 N–H and O–H groups in total. The van der Waals surface area contributed by atoms with Crippen LogP contribution in [0.25, 0.3) is 17.1 Å². The van der Waals surface area contributed by atoms with E-state index in [-0.39, 0.29) is 17.3 Å². The number of nitro groups is 1. The molecule has 1 amide bonds. The molecule has 0 aliphatic rings. The van der Waals surface area contributed by atoms with Gasteiger partial charge in [0.25, 0.3) is 11.6 Å². The zero-order chi connectivity index (χ0) is 23.9. The van der Waals surface area contributed by atoms with Crippen molar-refractivity contribution in [3.8, 4) is 17.1 Å². The number of rotatable bonds is 8. The van der Waals surface area contributed by atoms with E-state index in [1.165, 1.54) is 24.0 Å². The third kappa shape index (κ3) is 5.36. The lowest BCUT2D eigenvalue weighted by atomic mass is 10.2. The monoisotopic (exact) mass is 472 g/mol. The van der Waals surface area contributed by atoms with Gasteiger partial charge in [0, 0.05) is 17.3 Å². The third-order valence-corrected chi connectivity index (χ3v) is 5.75. The minimum atomic E-state index is -0.499.